The van der Waals surface area contributed by atoms with Crippen LogP contribution in [0.4, 0.5) is 0 Å². The third kappa shape index (κ3) is 4.49. The molecule has 0 spiro atoms. The fraction of sp³-hybridized carbons (Fsp3) is 0.167. The molecule has 134 valence electrons. The second-order valence-corrected chi connectivity index (χ2v) is 7.58. The fourth-order valence-electron chi connectivity index (χ4n) is 2.12. The van der Waals surface area contributed by atoms with Crippen LogP contribution in [0.25, 0.3) is 9.88 Å². The first-order valence-corrected chi connectivity index (χ1v) is 9.90. The Morgan fingerprint density at radius 3 is 2.77 bits per heavy atom. The Kier molecular flexibility index (Phi) is 6.03. The number of hydrogen-bond acceptors (Lipinski definition) is 6. The van der Waals surface area contributed by atoms with Crippen molar-refractivity contribution in [2.75, 3.05) is 0 Å². The van der Waals surface area contributed by atoms with Crippen LogP contribution in [0, 0.1) is 0 Å². The zero-order chi connectivity index (χ0) is 18.5. The van der Waals surface area contributed by atoms with Crippen LogP contribution in [0.3, 0.4) is 0 Å². The minimum absolute atomic E-state index is 0.198. The summed E-state index contributed by atoms with van der Waals surface area (Å²) in [4.78, 5) is 29.6. The van der Waals surface area contributed by atoms with Gasteiger partial charge >= 0.3 is 5.97 Å². The van der Waals surface area contributed by atoms with E-state index in [2.05, 4.69) is 10.3 Å². The average molecular weight is 407 g/mol. The molecule has 0 bridgehead atoms. The van der Waals surface area contributed by atoms with Gasteiger partial charge in [-0.25, -0.2) is 9.78 Å². The van der Waals surface area contributed by atoms with Gasteiger partial charge in [0.1, 0.15) is 5.01 Å². The molecule has 0 aliphatic carbocycles. The lowest BCUT2D eigenvalue weighted by Crippen LogP contribution is -2.35. The fourth-order valence-corrected chi connectivity index (χ4v) is 3.93. The molecule has 5 nitrogen and oxygen atoms in total. The van der Waals surface area contributed by atoms with Gasteiger partial charge in [-0.15, -0.1) is 22.7 Å². The van der Waals surface area contributed by atoms with Gasteiger partial charge in [0.25, 0.3) is 5.91 Å². The Morgan fingerprint density at radius 2 is 2.04 bits per heavy atom. The van der Waals surface area contributed by atoms with Gasteiger partial charge in [0.2, 0.25) is 0 Å². The summed E-state index contributed by atoms with van der Waals surface area (Å²) in [6.07, 6.45) is -0.933. The first-order chi connectivity index (χ1) is 12.5. The van der Waals surface area contributed by atoms with E-state index in [0.29, 0.717) is 5.02 Å². The zero-order valence-corrected chi connectivity index (χ0v) is 16.2. The van der Waals surface area contributed by atoms with Crippen molar-refractivity contribution in [1.82, 2.24) is 10.3 Å². The predicted molar refractivity (Wildman–Crippen MR) is 104 cm³/mol. The maximum atomic E-state index is 12.2. The molecule has 0 fully saturated rings. The summed E-state index contributed by atoms with van der Waals surface area (Å²) in [5.74, 6) is -1.02. The summed E-state index contributed by atoms with van der Waals surface area (Å²) < 4.78 is 5.21. The van der Waals surface area contributed by atoms with Gasteiger partial charge < -0.3 is 10.1 Å². The molecule has 2 heterocycles. The van der Waals surface area contributed by atoms with Crippen LogP contribution in [0.2, 0.25) is 5.02 Å². The second kappa shape index (κ2) is 8.44. The average Bonchev–Trinajstić information content (AvgIpc) is 3.31. The first kappa shape index (κ1) is 18.6. The zero-order valence-electron chi connectivity index (χ0n) is 13.8. The van der Waals surface area contributed by atoms with Crippen molar-refractivity contribution in [3.05, 3.63) is 63.4 Å². The lowest BCUT2D eigenvalue weighted by Gasteiger charge is -2.13. The highest BCUT2D eigenvalue weighted by molar-refractivity contribution is 7.20. The second-order valence-electron chi connectivity index (χ2n) is 5.37. The van der Waals surface area contributed by atoms with E-state index < -0.39 is 18.0 Å². The van der Waals surface area contributed by atoms with Crippen LogP contribution in [0.1, 0.15) is 23.0 Å². The normalized spacial score (nSPS) is 11.8. The van der Waals surface area contributed by atoms with Crippen LogP contribution in [0.5, 0.6) is 0 Å². The van der Waals surface area contributed by atoms with E-state index in [-0.39, 0.29) is 12.2 Å². The van der Waals surface area contributed by atoms with Gasteiger partial charge in [-0.05, 0) is 30.0 Å². The number of aromatic nitrogens is 1. The third-order valence-corrected chi connectivity index (χ3v) is 5.76. The molecule has 0 aliphatic rings. The molecule has 1 amide bonds. The van der Waals surface area contributed by atoms with Crippen molar-refractivity contribution in [2.24, 2.45) is 0 Å². The van der Waals surface area contributed by atoms with Crippen molar-refractivity contribution in [3.8, 4) is 9.88 Å². The summed E-state index contributed by atoms with van der Waals surface area (Å²) >= 11 is 8.96. The number of carbonyl (C=O) groups excluding carboxylic acids is 2. The van der Waals surface area contributed by atoms with E-state index in [4.69, 9.17) is 16.3 Å². The van der Waals surface area contributed by atoms with E-state index in [0.717, 1.165) is 15.4 Å². The van der Waals surface area contributed by atoms with Gasteiger partial charge in [-0.1, -0.05) is 35.9 Å². The summed E-state index contributed by atoms with van der Waals surface area (Å²) in [7, 11) is 0. The minimum atomic E-state index is -0.933. The van der Waals surface area contributed by atoms with Crippen LogP contribution in [-0.2, 0) is 16.1 Å². The molecule has 1 aromatic carbocycles. The predicted octanol–water partition coefficient (Wildman–Crippen LogP) is 4.39. The van der Waals surface area contributed by atoms with Crippen molar-refractivity contribution < 1.29 is 14.3 Å². The Labute approximate surface area is 163 Å². The highest BCUT2D eigenvalue weighted by Crippen LogP contribution is 2.28. The number of thiazole rings is 1. The number of ether oxygens (including phenoxy) is 1. The highest BCUT2D eigenvalue weighted by atomic mass is 35.5. The van der Waals surface area contributed by atoms with Crippen LogP contribution >= 0.6 is 34.3 Å². The number of amides is 1. The molecule has 1 N–H and O–H groups in total. The van der Waals surface area contributed by atoms with Gasteiger partial charge in [0, 0.05) is 16.9 Å². The molecule has 0 radical (unpaired) electrons. The smallest absolute Gasteiger partial charge is 0.358 e. The van der Waals surface area contributed by atoms with Crippen molar-refractivity contribution in [3.63, 3.8) is 0 Å². The Bertz CT molecular complexity index is 909. The molecule has 2 aromatic heterocycles. The lowest BCUT2D eigenvalue weighted by atomic mass is 10.2. The minimum Gasteiger partial charge on any atom is -0.448 e. The number of rotatable bonds is 6. The molecule has 1 atom stereocenters. The van der Waals surface area contributed by atoms with Crippen LogP contribution in [0.15, 0.2) is 47.2 Å². The standard InChI is InChI=1S/C18H15ClN2O3S2/c1-11(16(22)20-9-12-5-2-3-6-13(12)19)24-18(23)14-10-26-17(21-14)15-7-4-8-25-15/h2-8,10-11H,9H2,1H3,(H,20,22). The number of carbonyl (C=O) groups is 2. The molecular formula is C18H15ClN2O3S2. The molecule has 0 saturated heterocycles. The van der Waals surface area contributed by atoms with E-state index in [9.17, 15) is 9.59 Å². The van der Waals surface area contributed by atoms with Crippen LogP contribution < -0.4 is 5.32 Å². The number of nitrogens with one attached hydrogen (secondary N) is 1. The van der Waals surface area contributed by atoms with E-state index in [1.807, 2.05) is 35.7 Å². The monoisotopic (exact) mass is 406 g/mol. The molecule has 3 rings (SSSR count). The number of esters is 1. The van der Waals surface area contributed by atoms with Crippen molar-refractivity contribution in [2.45, 2.75) is 19.6 Å². The summed E-state index contributed by atoms with van der Waals surface area (Å²) in [6.45, 7) is 1.78. The Balaban J connectivity index is 1.55. The molecule has 0 aliphatic heterocycles. The maximum absolute atomic E-state index is 12.2. The lowest BCUT2D eigenvalue weighted by molar-refractivity contribution is -0.129. The van der Waals surface area contributed by atoms with Gasteiger partial charge in [-0.3, -0.25) is 4.79 Å². The summed E-state index contributed by atoms with van der Waals surface area (Å²) in [5.41, 5.74) is 0.991. The third-order valence-electron chi connectivity index (χ3n) is 3.51. The summed E-state index contributed by atoms with van der Waals surface area (Å²) in [6, 6.07) is 11.1. The highest BCUT2D eigenvalue weighted by Gasteiger charge is 2.21. The molecule has 3 aromatic rings. The topological polar surface area (TPSA) is 68.3 Å². The molecule has 0 saturated carbocycles. The van der Waals surface area contributed by atoms with E-state index in [1.54, 1.807) is 22.8 Å². The largest absolute Gasteiger partial charge is 0.448 e. The number of benzene rings is 1. The van der Waals surface area contributed by atoms with E-state index in [1.165, 1.54) is 18.3 Å². The quantitative estimate of drug-likeness (QED) is 0.616. The summed E-state index contributed by atoms with van der Waals surface area (Å²) in [5, 5.41) is 7.61. The first-order valence-electron chi connectivity index (χ1n) is 7.76. The number of hydrogen-bond donors (Lipinski definition) is 1. The van der Waals surface area contributed by atoms with Crippen molar-refractivity contribution >= 4 is 46.2 Å². The van der Waals surface area contributed by atoms with Gasteiger partial charge in [-0.2, -0.15) is 0 Å². The Morgan fingerprint density at radius 1 is 1.23 bits per heavy atom. The molecular weight excluding hydrogens is 392 g/mol. The molecule has 8 heteroatoms. The molecule has 26 heavy (non-hydrogen) atoms. The van der Waals surface area contributed by atoms with Gasteiger partial charge in [0.15, 0.2) is 11.8 Å². The maximum Gasteiger partial charge on any atom is 0.358 e. The van der Waals surface area contributed by atoms with Gasteiger partial charge in [0.05, 0.1) is 4.88 Å². The van der Waals surface area contributed by atoms with E-state index >= 15 is 0 Å². The van der Waals surface area contributed by atoms with Crippen molar-refractivity contribution in [1.29, 1.82) is 0 Å². The number of thiophene rings is 1. The molecule has 1 unspecified atom stereocenters. The SMILES string of the molecule is CC(OC(=O)c1csc(-c2cccs2)n1)C(=O)NCc1ccccc1Cl. The number of halogens is 1. The Hall–Kier alpha value is -2.22. The number of nitrogens with zero attached hydrogens (tertiary/aromatic N) is 1. The van der Waals surface area contributed by atoms with Crippen LogP contribution in [-0.4, -0.2) is 23.0 Å².